The summed E-state index contributed by atoms with van der Waals surface area (Å²) in [5.41, 5.74) is 3.81. The van der Waals surface area contributed by atoms with Crippen molar-refractivity contribution in [1.82, 2.24) is 19.8 Å². The molecule has 2 N–H and O–H groups in total. The molecular formula is C40H58N4O6. The molecule has 2 aromatic carbocycles. The van der Waals surface area contributed by atoms with E-state index in [-0.39, 0.29) is 0 Å². The van der Waals surface area contributed by atoms with Gasteiger partial charge in [0.15, 0.2) is 5.92 Å². The molecule has 2 heterocycles. The van der Waals surface area contributed by atoms with Crippen LogP contribution < -0.4 is 9.47 Å². The Morgan fingerprint density at radius 3 is 1.32 bits per heavy atom. The summed E-state index contributed by atoms with van der Waals surface area (Å²) in [4.78, 5) is 39.7. The third-order valence-electron chi connectivity index (χ3n) is 10.3. The minimum Gasteiger partial charge on any atom is -0.497 e. The molecule has 0 unspecified atom stereocenters. The zero-order valence-corrected chi connectivity index (χ0v) is 32.0. The van der Waals surface area contributed by atoms with E-state index in [1.165, 1.54) is 0 Å². The van der Waals surface area contributed by atoms with Gasteiger partial charge in [0.1, 0.15) is 22.7 Å². The second-order valence-corrected chi connectivity index (χ2v) is 13.9. The van der Waals surface area contributed by atoms with Crippen LogP contribution in [0.5, 0.6) is 11.5 Å². The Morgan fingerprint density at radius 2 is 1.02 bits per heavy atom. The van der Waals surface area contributed by atoms with Crippen LogP contribution in [0.3, 0.4) is 0 Å². The number of hydrogen-bond donors (Lipinski definition) is 2. The summed E-state index contributed by atoms with van der Waals surface area (Å²) in [5.74, 6) is -0.929. The van der Waals surface area contributed by atoms with Gasteiger partial charge in [-0.15, -0.1) is 0 Å². The highest BCUT2D eigenvalue weighted by Crippen LogP contribution is 2.44. The van der Waals surface area contributed by atoms with Crippen LogP contribution >= 0.6 is 0 Å². The maximum absolute atomic E-state index is 14.1. The molecule has 4 aromatic rings. The highest BCUT2D eigenvalue weighted by Gasteiger charge is 2.43. The standard InChI is InChI=1S/C40H58N4O6/c1-12-39(13-2,35-29-24-27(47-10)16-18-31(29)41-33(35)20-22-43(6)7)49-37(45)26(5)38(46)50-40(14-3,15-4)36-30-25-28(48-11)17-19-32(30)42-34(36)21-23-44(8)9/h16-19,24-26,41-42H,12-15,20-23H2,1-11H3. The van der Waals surface area contributed by atoms with Gasteiger partial charge < -0.3 is 38.7 Å². The highest BCUT2D eigenvalue weighted by atomic mass is 16.6. The Hall–Kier alpha value is -4.02. The van der Waals surface area contributed by atoms with Gasteiger partial charge in [0.2, 0.25) is 0 Å². The van der Waals surface area contributed by atoms with Gasteiger partial charge in [-0.1, -0.05) is 27.7 Å². The van der Waals surface area contributed by atoms with Gasteiger partial charge in [0.25, 0.3) is 0 Å². The van der Waals surface area contributed by atoms with E-state index < -0.39 is 29.1 Å². The normalized spacial score (nSPS) is 12.4. The molecule has 0 aliphatic heterocycles. The number of aromatic nitrogens is 2. The fraction of sp³-hybridized carbons (Fsp3) is 0.550. The van der Waals surface area contributed by atoms with E-state index >= 15 is 0 Å². The largest absolute Gasteiger partial charge is 0.497 e. The molecule has 4 rings (SSSR count). The minimum atomic E-state index is -1.15. The summed E-state index contributed by atoms with van der Waals surface area (Å²) >= 11 is 0. The van der Waals surface area contributed by atoms with Crippen LogP contribution in [-0.2, 0) is 43.1 Å². The fourth-order valence-electron chi connectivity index (χ4n) is 7.05. The summed E-state index contributed by atoms with van der Waals surface area (Å²) in [6.07, 6.45) is 3.56. The molecule has 0 aliphatic carbocycles. The number of nitrogens with one attached hydrogen (secondary N) is 2. The second-order valence-electron chi connectivity index (χ2n) is 13.9. The Bertz CT molecular complexity index is 1630. The number of H-pyrrole nitrogens is 2. The molecule has 0 saturated heterocycles. The van der Waals surface area contributed by atoms with Gasteiger partial charge in [-0.2, -0.15) is 0 Å². The lowest BCUT2D eigenvalue weighted by atomic mass is 9.84. The number of likely N-dealkylation sites (N-methyl/N-ethyl adjacent to an activating group) is 2. The van der Waals surface area contributed by atoms with Crippen molar-refractivity contribution < 1.29 is 28.5 Å². The van der Waals surface area contributed by atoms with Crippen molar-refractivity contribution in [1.29, 1.82) is 0 Å². The number of nitrogens with zero attached hydrogens (tertiary/aromatic N) is 2. The Morgan fingerprint density at radius 1 is 0.660 bits per heavy atom. The molecule has 0 atom stereocenters. The van der Waals surface area contributed by atoms with Crippen LogP contribution in [0, 0.1) is 5.92 Å². The highest BCUT2D eigenvalue weighted by molar-refractivity contribution is 5.96. The molecule has 0 amide bonds. The molecule has 50 heavy (non-hydrogen) atoms. The molecule has 0 saturated carbocycles. The maximum Gasteiger partial charge on any atom is 0.320 e. The number of methoxy groups -OCH3 is 2. The van der Waals surface area contributed by atoms with Gasteiger partial charge >= 0.3 is 11.9 Å². The third kappa shape index (κ3) is 7.81. The van der Waals surface area contributed by atoms with Gasteiger partial charge in [-0.3, -0.25) is 9.59 Å². The molecule has 2 aromatic heterocycles. The van der Waals surface area contributed by atoms with Crippen LogP contribution in [0.4, 0.5) is 0 Å². The molecule has 0 fully saturated rings. The SMILES string of the molecule is CCC(CC)(OC(=O)C(C)C(=O)OC(CC)(CC)c1c(CCN(C)C)[nH]c2ccc(OC)cc12)c1c(CCN(C)C)[nH]c2ccc(OC)cc12. The van der Waals surface area contributed by atoms with E-state index in [0.717, 1.165) is 81.8 Å². The van der Waals surface area contributed by atoms with Gasteiger partial charge in [-0.05, 0) is 97.2 Å². The first kappa shape index (κ1) is 38.8. The van der Waals surface area contributed by atoms with Crippen molar-refractivity contribution in [3.05, 3.63) is 58.9 Å². The lowest BCUT2D eigenvalue weighted by Crippen LogP contribution is -2.40. The fourth-order valence-corrected chi connectivity index (χ4v) is 7.05. The van der Waals surface area contributed by atoms with E-state index in [1.54, 1.807) is 21.1 Å². The van der Waals surface area contributed by atoms with Crippen molar-refractivity contribution >= 4 is 33.7 Å². The number of hydrogen-bond acceptors (Lipinski definition) is 8. The maximum atomic E-state index is 14.1. The van der Waals surface area contributed by atoms with E-state index in [9.17, 15) is 9.59 Å². The lowest BCUT2D eigenvalue weighted by molar-refractivity contribution is -0.181. The van der Waals surface area contributed by atoms with E-state index in [1.807, 2.05) is 92.3 Å². The first-order valence-electron chi connectivity index (χ1n) is 18.0. The molecule has 274 valence electrons. The summed E-state index contributed by atoms with van der Waals surface area (Å²) in [7, 11) is 11.4. The van der Waals surface area contributed by atoms with Crippen LogP contribution in [0.15, 0.2) is 36.4 Å². The number of esters is 2. The molecule has 0 bridgehead atoms. The van der Waals surface area contributed by atoms with Crippen LogP contribution in [-0.4, -0.2) is 87.2 Å². The number of benzene rings is 2. The van der Waals surface area contributed by atoms with E-state index in [4.69, 9.17) is 18.9 Å². The van der Waals surface area contributed by atoms with Crippen LogP contribution in [0.1, 0.15) is 82.8 Å². The smallest absolute Gasteiger partial charge is 0.320 e. The summed E-state index contributed by atoms with van der Waals surface area (Å²) in [6, 6.07) is 11.8. The number of carbonyl (C=O) groups excluding carboxylic acids is 2. The van der Waals surface area contributed by atoms with E-state index in [2.05, 4.69) is 19.8 Å². The van der Waals surface area contributed by atoms with Crippen molar-refractivity contribution in [2.45, 2.75) is 84.3 Å². The van der Waals surface area contributed by atoms with Crippen molar-refractivity contribution in [3.8, 4) is 11.5 Å². The lowest BCUT2D eigenvalue weighted by Gasteiger charge is -2.36. The average molecular weight is 691 g/mol. The van der Waals surface area contributed by atoms with Crippen molar-refractivity contribution in [2.75, 3.05) is 55.5 Å². The predicted molar refractivity (Wildman–Crippen MR) is 200 cm³/mol. The first-order valence-corrected chi connectivity index (χ1v) is 18.0. The molecular weight excluding hydrogens is 632 g/mol. The average Bonchev–Trinajstić information content (AvgIpc) is 3.68. The minimum absolute atomic E-state index is 0.524. The first-order chi connectivity index (χ1) is 23.8. The molecule has 0 spiro atoms. The topological polar surface area (TPSA) is 109 Å². The Labute approximate surface area is 297 Å². The van der Waals surface area contributed by atoms with Crippen molar-refractivity contribution in [3.63, 3.8) is 0 Å². The van der Waals surface area contributed by atoms with Crippen LogP contribution in [0.25, 0.3) is 21.8 Å². The second kappa shape index (κ2) is 16.3. The Kier molecular flexibility index (Phi) is 12.7. The van der Waals surface area contributed by atoms with Crippen LogP contribution in [0.2, 0.25) is 0 Å². The van der Waals surface area contributed by atoms with Gasteiger partial charge in [-0.25, -0.2) is 0 Å². The Balaban J connectivity index is 1.72. The predicted octanol–water partition coefficient (Wildman–Crippen LogP) is 7.33. The van der Waals surface area contributed by atoms with Crippen molar-refractivity contribution in [2.24, 2.45) is 5.92 Å². The molecule has 10 nitrogen and oxygen atoms in total. The summed E-state index contributed by atoms with van der Waals surface area (Å²) in [6.45, 7) is 11.3. The number of carbonyl (C=O) groups is 2. The zero-order valence-electron chi connectivity index (χ0n) is 32.0. The third-order valence-corrected chi connectivity index (χ3v) is 10.3. The number of fused-ring (bicyclic) bond motifs is 2. The number of ether oxygens (including phenoxy) is 4. The zero-order chi connectivity index (χ0) is 36.8. The molecule has 0 aliphatic rings. The monoisotopic (exact) mass is 690 g/mol. The number of aromatic amines is 2. The summed E-state index contributed by atoms with van der Waals surface area (Å²) in [5, 5.41) is 1.89. The summed E-state index contributed by atoms with van der Waals surface area (Å²) < 4.78 is 24.2. The number of rotatable bonds is 18. The van der Waals surface area contributed by atoms with Gasteiger partial charge in [0, 0.05) is 70.3 Å². The van der Waals surface area contributed by atoms with E-state index in [0.29, 0.717) is 25.7 Å². The van der Waals surface area contributed by atoms with Gasteiger partial charge in [0.05, 0.1) is 14.2 Å². The quantitative estimate of drug-likeness (QED) is 0.0826. The molecule has 10 heteroatoms. The molecule has 0 radical (unpaired) electrons.